The molecule has 0 unspecified atom stereocenters. The lowest BCUT2D eigenvalue weighted by atomic mass is 10.3. The summed E-state index contributed by atoms with van der Waals surface area (Å²) < 4.78 is 76.3. The fourth-order valence-corrected chi connectivity index (χ4v) is 2.42. The molecule has 0 atom stereocenters. The van der Waals surface area contributed by atoms with Gasteiger partial charge >= 0.3 is 12.1 Å². The van der Waals surface area contributed by atoms with Crippen molar-refractivity contribution in [2.45, 2.75) is 12.1 Å². The molecule has 1 aromatic carbocycles. The molecule has 0 heterocycles. The summed E-state index contributed by atoms with van der Waals surface area (Å²) in [5.74, 6) is -5.30. The highest BCUT2D eigenvalue weighted by molar-refractivity contribution is 14.2. The van der Waals surface area contributed by atoms with Gasteiger partial charge in [0, 0.05) is 24.6 Å². The lowest BCUT2D eigenvalue weighted by Gasteiger charge is -2.16. The van der Waals surface area contributed by atoms with E-state index in [9.17, 15) is 26.3 Å². The Balaban J connectivity index is 2.65. The van der Waals surface area contributed by atoms with Crippen LogP contribution in [0, 0.1) is 9.39 Å². The minimum Gasteiger partial charge on any atom is -0.251 e. The van der Waals surface area contributed by atoms with Crippen LogP contribution in [-0.4, -0.2) is 18.6 Å². The summed E-state index contributed by atoms with van der Waals surface area (Å²) in [6.45, 7) is -1.58. The second kappa shape index (κ2) is 5.32. The molecule has 0 saturated carbocycles. The Hall–Kier alpha value is -0.670. The van der Waals surface area contributed by atoms with Crippen LogP contribution in [0.2, 0.25) is 0 Å². The number of alkyl halides is 5. The molecule has 8 heteroatoms. The maximum absolute atomic E-state index is 12.5. The van der Waals surface area contributed by atoms with Gasteiger partial charge in [0.15, 0.2) is 0 Å². The number of hydrogen-bond donors (Lipinski definition) is 0. The van der Waals surface area contributed by atoms with Crippen LogP contribution in [0.15, 0.2) is 27.4 Å². The van der Waals surface area contributed by atoms with E-state index in [1.165, 1.54) is 12.1 Å². The van der Waals surface area contributed by atoms with Gasteiger partial charge in [-0.1, -0.05) is 0 Å². The Morgan fingerprint density at radius 3 is 2.00 bits per heavy atom. The first-order chi connectivity index (χ1) is 7.72. The molecule has 0 saturated heterocycles. The molecule has 0 N–H and O–H groups in total. The predicted molar refractivity (Wildman–Crippen MR) is 57.4 cm³/mol. The van der Waals surface area contributed by atoms with Crippen molar-refractivity contribution in [3.63, 3.8) is 0 Å². The molecular weight excluding hydrogens is 363 g/mol. The summed E-state index contributed by atoms with van der Waals surface area (Å²) in [6.07, 6.45) is -5.58. The topological polar surface area (TPSA) is 12.4 Å². The van der Waals surface area contributed by atoms with Crippen molar-refractivity contribution >= 4 is 21.0 Å². The van der Waals surface area contributed by atoms with Gasteiger partial charge in [0.25, 0.3) is 0 Å². The van der Waals surface area contributed by atoms with Crippen molar-refractivity contribution in [1.82, 2.24) is 0 Å². The average molecular weight is 369 g/mol. The van der Waals surface area contributed by atoms with E-state index in [1.54, 1.807) is 0 Å². The predicted octanol–water partition coefficient (Wildman–Crippen LogP) is 4.35. The highest BCUT2D eigenvalue weighted by atomic mass is 127. The monoisotopic (exact) mass is 369 g/mol. The van der Waals surface area contributed by atoms with Crippen LogP contribution in [0.1, 0.15) is 0 Å². The summed E-state index contributed by atoms with van der Waals surface area (Å²) in [5.41, 5.74) is 0. The molecule has 96 valence electrons. The van der Waals surface area contributed by atoms with Crippen molar-refractivity contribution in [3.05, 3.63) is 33.7 Å². The van der Waals surface area contributed by atoms with E-state index in [0.717, 1.165) is 12.1 Å². The molecule has 0 amide bonds. The molecule has 0 spiro atoms. The van der Waals surface area contributed by atoms with Gasteiger partial charge in [-0.05, 0) is 24.3 Å². The summed E-state index contributed by atoms with van der Waals surface area (Å²) in [7, 11) is 0. The third kappa shape index (κ3) is 4.25. The van der Waals surface area contributed by atoms with Crippen molar-refractivity contribution in [3.8, 4) is 0 Å². The van der Waals surface area contributed by atoms with Gasteiger partial charge < -0.3 is 0 Å². The van der Waals surface area contributed by atoms with Crippen LogP contribution in [0.3, 0.4) is 0 Å². The van der Waals surface area contributed by atoms with Gasteiger partial charge in [-0.2, -0.15) is 22.0 Å². The molecule has 0 aliphatic carbocycles. The van der Waals surface area contributed by atoms with Crippen LogP contribution >= 0.6 is 21.0 Å². The Morgan fingerprint density at radius 1 is 1.00 bits per heavy atom. The van der Waals surface area contributed by atoms with Gasteiger partial charge in [0.2, 0.25) is 0 Å². The number of benzene rings is 1. The normalized spacial score (nSPS) is 13.8. The highest BCUT2D eigenvalue weighted by Gasteiger charge is 2.57. The van der Waals surface area contributed by atoms with E-state index in [-0.39, 0.29) is 0 Å². The zero-order valence-corrected chi connectivity index (χ0v) is 10.3. The van der Waals surface area contributed by atoms with Gasteiger partial charge in [-0.3, -0.25) is 3.15 Å². The average Bonchev–Trinajstić information content (AvgIpc) is 2.19. The van der Waals surface area contributed by atoms with Crippen molar-refractivity contribution < 1.29 is 26.3 Å². The number of rotatable bonds is 3. The lowest BCUT2D eigenvalue weighted by Crippen LogP contribution is -2.38. The fraction of sp³-hybridized carbons (Fsp3) is 0.333. The third-order valence-electron chi connectivity index (χ3n) is 1.63. The minimum absolute atomic E-state index is 0.475. The zero-order valence-electron chi connectivity index (χ0n) is 8.11. The largest absolute Gasteiger partial charge is 0.455 e. The van der Waals surface area contributed by atoms with Crippen molar-refractivity contribution in [2.24, 2.45) is 3.15 Å². The first kappa shape index (κ1) is 14.4. The van der Waals surface area contributed by atoms with Gasteiger partial charge in [0.05, 0.1) is 0 Å². The molecule has 0 radical (unpaired) electrons. The van der Waals surface area contributed by atoms with E-state index >= 15 is 0 Å². The second-order valence-electron chi connectivity index (χ2n) is 3.00. The summed E-state index contributed by atoms with van der Waals surface area (Å²) in [4.78, 5) is 0. The summed E-state index contributed by atoms with van der Waals surface area (Å²) in [5, 5.41) is 0. The Bertz CT molecular complexity index is 397. The molecular formula is C9H6F6IN. The van der Waals surface area contributed by atoms with Gasteiger partial charge in [-0.25, -0.2) is 4.39 Å². The maximum Gasteiger partial charge on any atom is 0.455 e. The molecule has 0 aromatic heterocycles. The van der Waals surface area contributed by atoms with Gasteiger partial charge in [-0.15, -0.1) is 0 Å². The number of nitrogens with zero attached hydrogens (tertiary/aromatic N) is 1. The number of halogens is 7. The zero-order chi connectivity index (χ0) is 13.1. The standard InChI is InChI=1S/C9H6F6IN/c10-6-1-3-7(4-2-6)16-17-5-8(11,12)9(13,14)15/h1-4H,5H2. The van der Waals surface area contributed by atoms with Crippen LogP contribution in [0.25, 0.3) is 0 Å². The second-order valence-corrected chi connectivity index (χ2v) is 5.41. The molecule has 17 heavy (non-hydrogen) atoms. The first-order valence-corrected chi connectivity index (χ1v) is 6.28. The van der Waals surface area contributed by atoms with E-state index in [4.69, 9.17) is 0 Å². The van der Waals surface area contributed by atoms with Crippen molar-refractivity contribution in [1.29, 1.82) is 0 Å². The van der Waals surface area contributed by atoms with Crippen LogP contribution < -0.4 is 0 Å². The smallest absolute Gasteiger partial charge is 0.251 e. The first-order valence-electron chi connectivity index (χ1n) is 4.23. The highest BCUT2D eigenvalue weighted by Crippen LogP contribution is 2.36. The quantitative estimate of drug-likeness (QED) is 0.555. The molecule has 0 aliphatic heterocycles. The van der Waals surface area contributed by atoms with Crippen molar-refractivity contribution in [2.75, 3.05) is 6.54 Å². The molecule has 1 nitrogen and oxygen atoms in total. The van der Waals surface area contributed by atoms with Gasteiger partial charge in [0.1, 0.15) is 12.4 Å². The number of hydrogen-bond acceptors (Lipinski definition) is 1. The molecule has 0 aliphatic rings. The Kier molecular flexibility index (Phi) is 4.50. The Morgan fingerprint density at radius 2 is 1.53 bits per heavy atom. The molecule has 0 bridgehead atoms. The molecule has 1 rings (SSSR count). The fourth-order valence-electron chi connectivity index (χ4n) is 0.749. The van der Waals surface area contributed by atoms with E-state index < -0.39 is 45.5 Å². The van der Waals surface area contributed by atoms with E-state index in [1.807, 2.05) is 0 Å². The Labute approximate surface area is 103 Å². The molecule has 1 aromatic rings. The molecule has 0 fully saturated rings. The van der Waals surface area contributed by atoms with Crippen LogP contribution in [0.5, 0.6) is 0 Å². The van der Waals surface area contributed by atoms with E-state index in [2.05, 4.69) is 3.15 Å². The lowest BCUT2D eigenvalue weighted by molar-refractivity contribution is -0.276. The van der Waals surface area contributed by atoms with Crippen LogP contribution in [-0.2, 0) is 0 Å². The van der Waals surface area contributed by atoms with E-state index in [0.29, 0.717) is 3.57 Å². The van der Waals surface area contributed by atoms with Crippen LogP contribution in [0.4, 0.5) is 26.3 Å². The third-order valence-corrected chi connectivity index (χ3v) is 3.59. The summed E-state index contributed by atoms with van der Waals surface area (Å²) in [6, 6.07) is 4.84. The maximum atomic E-state index is 12.5. The minimum atomic E-state index is -5.58. The summed E-state index contributed by atoms with van der Waals surface area (Å²) >= 11 is -1.32. The SMILES string of the molecule is Fc1ccc(I=NCC(F)(F)C(F)(F)F)cc1.